The maximum Gasteiger partial charge on any atom is 0.483 e. The number of nitrogens with zero attached hydrogens (tertiary/aromatic N) is 1. The van der Waals surface area contributed by atoms with E-state index in [0.717, 1.165) is 16.8 Å². The second-order valence-electron chi connectivity index (χ2n) is 7.77. The van der Waals surface area contributed by atoms with E-state index in [0.29, 0.717) is 0 Å². The second-order valence-corrected chi connectivity index (χ2v) is 10.8. The number of rotatable bonds is 9. The number of phosphoric acid groups is 2. The summed E-state index contributed by atoms with van der Waals surface area (Å²) in [7, 11) is -11.0. The van der Waals surface area contributed by atoms with Gasteiger partial charge >= 0.3 is 21.3 Å². The van der Waals surface area contributed by atoms with Gasteiger partial charge in [0, 0.05) is 12.3 Å². The number of hydrogen-bond donors (Lipinski definition) is 9. The monoisotopic (exact) mass is 565 g/mol. The highest BCUT2D eigenvalue weighted by Crippen LogP contribution is 2.61. The molecule has 0 spiro atoms. The summed E-state index contributed by atoms with van der Waals surface area (Å²) in [4.78, 5) is 44.6. The highest BCUT2D eigenvalue weighted by Gasteiger charge is 2.49. The highest BCUT2D eigenvalue weighted by atomic mass is 31.3. The fraction of sp³-hybridized carbons (Fsp3) is 0.733. The molecule has 10 N–H and O–H groups in total. The topological polar surface area (TPSA) is 303 Å². The molecule has 0 radical (unpaired) electrons. The Balaban J connectivity index is 1.61. The van der Waals surface area contributed by atoms with E-state index in [9.17, 15) is 48.9 Å². The molecular weight excluding hydrogens is 540 g/mol. The van der Waals surface area contributed by atoms with E-state index in [4.69, 9.17) is 20.3 Å². The van der Waals surface area contributed by atoms with E-state index in [1.807, 2.05) is 4.98 Å². The third kappa shape index (κ3) is 6.54. The molecule has 0 amide bonds. The van der Waals surface area contributed by atoms with Gasteiger partial charge in [0.05, 0.1) is 19.3 Å². The van der Waals surface area contributed by atoms with Crippen LogP contribution in [0.2, 0.25) is 0 Å². The Morgan fingerprint density at radius 2 is 1.64 bits per heavy atom. The quantitative estimate of drug-likeness (QED) is 0.127. The number of aromatic amines is 1. The molecule has 11 atom stereocenters. The lowest BCUT2D eigenvalue weighted by Gasteiger charge is -2.40. The van der Waals surface area contributed by atoms with Crippen LogP contribution in [0.1, 0.15) is 6.23 Å². The van der Waals surface area contributed by atoms with Crippen LogP contribution < -0.4 is 17.0 Å². The summed E-state index contributed by atoms with van der Waals surface area (Å²) in [5, 5.41) is 49.0. The van der Waals surface area contributed by atoms with Crippen molar-refractivity contribution in [3.05, 3.63) is 33.1 Å². The average Bonchev–Trinajstić information content (AvgIpc) is 3.06. The number of ether oxygens (including phenoxy) is 2. The first-order valence-electron chi connectivity index (χ1n) is 10.1. The molecule has 0 aromatic carbocycles. The standard InChI is InChI=1S/C15H25N3O16P2/c16-8-11(23)9(21)5(3-19)32-14(8)33-36(28,29)34-35(26,27)30-4-6-10(22)12(24)13(31-6)18-2-1-7(20)17-15(18)25/h1-2,5-6,8-14,19,21-24H,3-4,16H2,(H,26,27)(H,28,29)(H,17,20,25)/t5-,6-,8-,9+,10-,11-,12-,13-,14+/m1/s1. The van der Waals surface area contributed by atoms with Crippen LogP contribution in [0.5, 0.6) is 0 Å². The third-order valence-corrected chi connectivity index (χ3v) is 7.84. The zero-order valence-corrected chi connectivity index (χ0v) is 19.8. The number of aliphatic hydroxyl groups is 5. The van der Waals surface area contributed by atoms with E-state index >= 15 is 0 Å². The van der Waals surface area contributed by atoms with Crippen LogP contribution >= 0.6 is 15.6 Å². The largest absolute Gasteiger partial charge is 0.483 e. The van der Waals surface area contributed by atoms with Gasteiger partial charge < -0.3 is 50.5 Å². The molecular formula is C15H25N3O16P2. The van der Waals surface area contributed by atoms with Crippen molar-refractivity contribution in [1.82, 2.24) is 9.55 Å². The SMILES string of the molecule is N[C@H]1[C@H](OP(=O)(O)OP(=O)(O)OC[C@H]2O[C@@H](n3ccc(=O)[nH]c3=O)[C@H](O)[C@@H]2O)O[C@H](CO)[C@H](O)[C@@H]1O. The van der Waals surface area contributed by atoms with Crippen LogP contribution in [0.15, 0.2) is 21.9 Å². The Labute approximate surface area is 200 Å². The Morgan fingerprint density at radius 3 is 2.25 bits per heavy atom. The van der Waals surface area contributed by atoms with Crippen molar-refractivity contribution < 1.29 is 67.3 Å². The third-order valence-electron chi connectivity index (χ3n) is 5.24. The Bertz CT molecular complexity index is 1130. The molecule has 206 valence electrons. The molecule has 0 aliphatic carbocycles. The van der Waals surface area contributed by atoms with E-state index in [-0.39, 0.29) is 0 Å². The first-order valence-corrected chi connectivity index (χ1v) is 13.1. The van der Waals surface area contributed by atoms with Crippen LogP contribution in [0.3, 0.4) is 0 Å². The summed E-state index contributed by atoms with van der Waals surface area (Å²) < 4.78 is 48.5. The Morgan fingerprint density at radius 1 is 1.00 bits per heavy atom. The number of nitrogens with two attached hydrogens (primary N) is 1. The minimum absolute atomic E-state index is 0.735. The van der Waals surface area contributed by atoms with Crippen LogP contribution in [0.25, 0.3) is 0 Å². The van der Waals surface area contributed by atoms with Crippen LogP contribution in [0.4, 0.5) is 0 Å². The van der Waals surface area contributed by atoms with Crippen LogP contribution in [-0.2, 0) is 32.0 Å². The molecule has 0 bridgehead atoms. The molecule has 21 heteroatoms. The molecule has 2 fully saturated rings. The van der Waals surface area contributed by atoms with Crippen molar-refractivity contribution in [2.24, 2.45) is 5.73 Å². The minimum Gasteiger partial charge on any atom is -0.394 e. The average molecular weight is 565 g/mol. The zero-order valence-electron chi connectivity index (χ0n) is 18.0. The van der Waals surface area contributed by atoms with Gasteiger partial charge in [0.25, 0.3) is 5.56 Å². The van der Waals surface area contributed by atoms with Crippen LogP contribution in [-0.4, -0.2) is 107 Å². The van der Waals surface area contributed by atoms with Gasteiger partial charge in [-0.2, -0.15) is 4.31 Å². The summed E-state index contributed by atoms with van der Waals surface area (Å²) in [6.45, 7) is -1.84. The number of nitrogens with one attached hydrogen (secondary N) is 1. The van der Waals surface area contributed by atoms with Crippen molar-refractivity contribution in [2.75, 3.05) is 13.2 Å². The molecule has 19 nitrogen and oxygen atoms in total. The summed E-state index contributed by atoms with van der Waals surface area (Å²) in [6.07, 6.45) is -12.5. The fourth-order valence-electron chi connectivity index (χ4n) is 3.39. The van der Waals surface area contributed by atoms with Gasteiger partial charge in [-0.1, -0.05) is 0 Å². The van der Waals surface area contributed by atoms with Gasteiger partial charge in [-0.3, -0.25) is 23.4 Å². The summed E-state index contributed by atoms with van der Waals surface area (Å²) in [5.74, 6) is 0. The van der Waals surface area contributed by atoms with E-state index in [1.165, 1.54) is 0 Å². The molecule has 2 unspecified atom stereocenters. The summed E-state index contributed by atoms with van der Waals surface area (Å²) in [5.41, 5.74) is 3.82. The first-order chi connectivity index (χ1) is 16.7. The lowest BCUT2D eigenvalue weighted by Crippen LogP contribution is -2.62. The van der Waals surface area contributed by atoms with Gasteiger partial charge in [-0.05, 0) is 0 Å². The van der Waals surface area contributed by atoms with Crippen molar-refractivity contribution in [3.63, 3.8) is 0 Å². The van der Waals surface area contributed by atoms with E-state index in [2.05, 4.69) is 13.4 Å². The maximum atomic E-state index is 12.2. The normalized spacial score (nSPS) is 38.4. The van der Waals surface area contributed by atoms with E-state index < -0.39 is 95.3 Å². The molecule has 3 rings (SSSR count). The predicted molar refractivity (Wildman–Crippen MR) is 111 cm³/mol. The number of aliphatic hydroxyl groups excluding tert-OH is 5. The minimum atomic E-state index is -5.51. The van der Waals surface area contributed by atoms with Crippen molar-refractivity contribution >= 4 is 15.6 Å². The second kappa shape index (κ2) is 11.2. The Kier molecular flexibility index (Phi) is 9.05. The van der Waals surface area contributed by atoms with Gasteiger partial charge in [-0.15, -0.1) is 0 Å². The lowest BCUT2D eigenvalue weighted by molar-refractivity contribution is -0.242. The van der Waals surface area contributed by atoms with Crippen LogP contribution in [0, 0.1) is 0 Å². The smallest absolute Gasteiger partial charge is 0.394 e. The Hall–Kier alpha value is -1.38. The lowest BCUT2D eigenvalue weighted by atomic mass is 9.98. The predicted octanol–water partition coefficient (Wildman–Crippen LogP) is -4.83. The van der Waals surface area contributed by atoms with Crippen molar-refractivity contribution in [2.45, 2.75) is 55.2 Å². The molecule has 2 aliphatic heterocycles. The molecule has 2 aliphatic rings. The van der Waals surface area contributed by atoms with Gasteiger partial charge in [-0.25, -0.2) is 13.9 Å². The van der Waals surface area contributed by atoms with Crippen molar-refractivity contribution in [3.8, 4) is 0 Å². The molecule has 2 saturated heterocycles. The summed E-state index contributed by atoms with van der Waals surface area (Å²) in [6, 6.07) is -0.699. The molecule has 0 saturated carbocycles. The van der Waals surface area contributed by atoms with Crippen molar-refractivity contribution in [1.29, 1.82) is 0 Å². The molecule has 36 heavy (non-hydrogen) atoms. The number of phosphoric ester groups is 2. The number of H-pyrrole nitrogens is 1. The fourth-order valence-corrected chi connectivity index (χ4v) is 5.57. The highest BCUT2D eigenvalue weighted by molar-refractivity contribution is 7.61. The van der Waals surface area contributed by atoms with Gasteiger partial charge in [0.15, 0.2) is 12.5 Å². The van der Waals surface area contributed by atoms with Gasteiger partial charge in [0.1, 0.15) is 36.6 Å². The molecule has 3 heterocycles. The molecule has 1 aromatic heterocycles. The summed E-state index contributed by atoms with van der Waals surface area (Å²) >= 11 is 0. The maximum absolute atomic E-state index is 12.2. The van der Waals surface area contributed by atoms with Gasteiger partial charge in [0.2, 0.25) is 0 Å². The zero-order chi connectivity index (χ0) is 27.0. The molecule has 1 aromatic rings. The number of hydrogen-bond acceptors (Lipinski definition) is 15. The first kappa shape index (κ1) is 29.2. The van der Waals surface area contributed by atoms with E-state index in [1.54, 1.807) is 0 Å². The number of aromatic nitrogens is 2.